The number of rotatable bonds is 15. The fraction of sp³-hybridized carbons (Fsp3) is 0.548. The van der Waals surface area contributed by atoms with Crippen LogP contribution in [0.15, 0.2) is 36.4 Å². The molecule has 0 spiro atoms. The third-order valence-electron chi connectivity index (χ3n) is 6.90. The van der Waals surface area contributed by atoms with Crippen LogP contribution in [0, 0.1) is 13.8 Å². The predicted molar refractivity (Wildman–Crippen MR) is 144 cm³/mol. The van der Waals surface area contributed by atoms with Crippen molar-refractivity contribution in [1.82, 2.24) is 0 Å². The molecule has 0 aliphatic carbocycles. The summed E-state index contributed by atoms with van der Waals surface area (Å²) in [6.07, 6.45) is 9.98. The van der Waals surface area contributed by atoms with Gasteiger partial charge >= 0.3 is 5.97 Å². The number of carbonyl (C=O) groups excluding carboxylic acids is 2. The van der Waals surface area contributed by atoms with Crippen molar-refractivity contribution < 1.29 is 19.1 Å². The summed E-state index contributed by atoms with van der Waals surface area (Å²) in [5.74, 6) is 1.67. The van der Waals surface area contributed by atoms with Crippen LogP contribution in [0.5, 0.6) is 11.5 Å². The van der Waals surface area contributed by atoms with Crippen LogP contribution < -0.4 is 9.47 Å². The van der Waals surface area contributed by atoms with Crippen LogP contribution in [0.4, 0.5) is 0 Å². The van der Waals surface area contributed by atoms with Gasteiger partial charge in [0.25, 0.3) is 0 Å². The maximum absolute atomic E-state index is 12.4. The molecular formula is C31H44O4. The number of carbonyl (C=O) groups is 2. The van der Waals surface area contributed by atoms with Crippen LogP contribution in [-0.2, 0) is 15.0 Å². The Morgan fingerprint density at radius 2 is 1.17 bits per heavy atom. The van der Waals surface area contributed by atoms with Crippen LogP contribution in [-0.4, -0.2) is 18.9 Å². The Bertz CT molecular complexity index is 974. The fourth-order valence-electron chi connectivity index (χ4n) is 4.46. The minimum absolute atomic E-state index is 0.157. The first-order chi connectivity index (χ1) is 16.6. The van der Waals surface area contributed by atoms with E-state index in [1.165, 1.54) is 30.4 Å². The highest BCUT2D eigenvalue weighted by atomic mass is 16.5. The minimum Gasteiger partial charge on any atom is -0.496 e. The largest absolute Gasteiger partial charge is 0.496 e. The van der Waals surface area contributed by atoms with Crippen molar-refractivity contribution in [3.63, 3.8) is 0 Å². The zero-order chi connectivity index (χ0) is 25.8. The molecule has 0 saturated heterocycles. The van der Waals surface area contributed by atoms with Gasteiger partial charge in [0.05, 0.1) is 7.11 Å². The van der Waals surface area contributed by atoms with E-state index in [4.69, 9.17) is 9.47 Å². The van der Waals surface area contributed by atoms with Gasteiger partial charge in [0.2, 0.25) is 0 Å². The van der Waals surface area contributed by atoms with E-state index in [1.807, 2.05) is 19.1 Å². The van der Waals surface area contributed by atoms with E-state index in [0.29, 0.717) is 18.6 Å². The van der Waals surface area contributed by atoms with Gasteiger partial charge in [-0.25, -0.2) is 0 Å². The molecule has 0 heterocycles. The monoisotopic (exact) mass is 480 g/mol. The molecule has 0 saturated carbocycles. The zero-order valence-electron chi connectivity index (χ0n) is 22.7. The van der Waals surface area contributed by atoms with Crippen LogP contribution in [0.2, 0.25) is 0 Å². The molecule has 35 heavy (non-hydrogen) atoms. The third-order valence-corrected chi connectivity index (χ3v) is 6.90. The number of esters is 1. The first-order valence-corrected chi connectivity index (χ1v) is 13.1. The van der Waals surface area contributed by atoms with E-state index in [2.05, 4.69) is 45.0 Å². The molecule has 0 bridgehead atoms. The van der Waals surface area contributed by atoms with Gasteiger partial charge < -0.3 is 14.3 Å². The normalized spacial score (nSPS) is 11.4. The topological polar surface area (TPSA) is 52.6 Å². The van der Waals surface area contributed by atoms with Crippen LogP contribution >= 0.6 is 0 Å². The highest BCUT2D eigenvalue weighted by molar-refractivity contribution is 5.75. The second kappa shape index (κ2) is 14.1. The zero-order valence-corrected chi connectivity index (χ0v) is 22.7. The number of aryl methyl sites for hydroxylation is 2. The SMILES string of the molecule is COc1ccc(C(C)(C)c2ccc(OC(=O)CCCCCCCCCCC(C)=O)c(C)c2)cc1C. The van der Waals surface area contributed by atoms with Crippen molar-refractivity contribution in [2.24, 2.45) is 0 Å². The summed E-state index contributed by atoms with van der Waals surface area (Å²) in [4.78, 5) is 23.3. The molecule has 0 aromatic heterocycles. The van der Waals surface area contributed by atoms with Gasteiger partial charge in [0.1, 0.15) is 17.3 Å². The van der Waals surface area contributed by atoms with Gasteiger partial charge in [-0.3, -0.25) is 4.79 Å². The second-order valence-electron chi connectivity index (χ2n) is 10.3. The van der Waals surface area contributed by atoms with Crippen molar-refractivity contribution in [1.29, 1.82) is 0 Å². The smallest absolute Gasteiger partial charge is 0.311 e. The molecule has 0 fully saturated rings. The summed E-state index contributed by atoms with van der Waals surface area (Å²) >= 11 is 0. The van der Waals surface area contributed by atoms with Crippen LogP contribution in [0.1, 0.15) is 107 Å². The maximum atomic E-state index is 12.4. The van der Waals surface area contributed by atoms with E-state index < -0.39 is 0 Å². The summed E-state index contributed by atoms with van der Waals surface area (Å²) in [5, 5.41) is 0. The quantitative estimate of drug-likeness (QED) is 0.147. The first-order valence-electron chi connectivity index (χ1n) is 13.1. The van der Waals surface area contributed by atoms with E-state index in [1.54, 1.807) is 14.0 Å². The highest BCUT2D eigenvalue weighted by Crippen LogP contribution is 2.35. The summed E-state index contributed by atoms with van der Waals surface area (Å²) in [7, 11) is 1.69. The standard InChI is InChI=1S/C31H44O4/c1-23-21-26(17-19-28(23)34-6)31(4,5)27-18-20-29(24(2)22-27)35-30(33)16-14-12-10-8-7-9-11-13-15-25(3)32/h17-22H,7-16H2,1-6H3. The van der Waals surface area contributed by atoms with E-state index in [0.717, 1.165) is 49.0 Å². The molecule has 0 radical (unpaired) electrons. The highest BCUT2D eigenvalue weighted by Gasteiger charge is 2.24. The number of hydrogen-bond donors (Lipinski definition) is 0. The van der Waals surface area contributed by atoms with Crippen molar-refractivity contribution in [3.05, 3.63) is 58.7 Å². The van der Waals surface area contributed by atoms with Gasteiger partial charge in [-0.2, -0.15) is 0 Å². The number of ether oxygens (including phenoxy) is 2. The molecular weight excluding hydrogens is 436 g/mol. The van der Waals surface area contributed by atoms with E-state index in [-0.39, 0.29) is 17.2 Å². The number of methoxy groups -OCH3 is 1. The Hall–Kier alpha value is -2.62. The average molecular weight is 481 g/mol. The van der Waals surface area contributed by atoms with Crippen LogP contribution in [0.25, 0.3) is 0 Å². The van der Waals surface area contributed by atoms with Crippen molar-refractivity contribution in [2.45, 2.75) is 104 Å². The predicted octanol–water partition coefficient (Wildman–Crippen LogP) is 8.03. The number of ketones is 1. The Balaban J connectivity index is 1.78. The summed E-state index contributed by atoms with van der Waals surface area (Å²) in [6.45, 7) is 10.1. The van der Waals surface area contributed by atoms with Gasteiger partial charge in [-0.05, 0) is 68.0 Å². The molecule has 0 N–H and O–H groups in total. The summed E-state index contributed by atoms with van der Waals surface area (Å²) < 4.78 is 11.1. The molecule has 2 aromatic carbocycles. The van der Waals surface area contributed by atoms with Gasteiger partial charge in [0, 0.05) is 18.3 Å². The minimum atomic E-state index is -0.183. The molecule has 0 aliphatic heterocycles. The number of benzene rings is 2. The maximum Gasteiger partial charge on any atom is 0.311 e. The first kappa shape index (κ1) is 28.6. The molecule has 0 unspecified atom stereocenters. The number of hydrogen-bond acceptors (Lipinski definition) is 4. The fourth-order valence-corrected chi connectivity index (χ4v) is 4.46. The number of Topliss-reactive ketones (excluding diaryl/α,β-unsaturated/α-hetero) is 1. The Morgan fingerprint density at radius 1 is 0.714 bits per heavy atom. The number of unbranched alkanes of at least 4 members (excludes halogenated alkanes) is 7. The average Bonchev–Trinajstić information content (AvgIpc) is 2.81. The lowest BCUT2D eigenvalue weighted by atomic mass is 9.77. The molecule has 2 aromatic rings. The Labute approximate surface area is 212 Å². The van der Waals surface area contributed by atoms with Crippen LogP contribution in [0.3, 0.4) is 0 Å². The molecule has 2 rings (SSSR count). The van der Waals surface area contributed by atoms with E-state index >= 15 is 0 Å². The van der Waals surface area contributed by atoms with Crippen molar-refractivity contribution in [3.8, 4) is 11.5 Å². The van der Waals surface area contributed by atoms with E-state index in [9.17, 15) is 9.59 Å². The summed E-state index contributed by atoms with van der Waals surface area (Å²) in [6, 6.07) is 12.4. The van der Waals surface area contributed by atoms with Gasteiger partial charge in [-0.15, -0.1) is 0 Å². The summed E-state index contributed by atoms with van der Waals surface area (Å²) in [5.41, 5.74) is 4.30. The molecule has 0 atom stereocenters. The lowest BCUT2D eigenvalue weighted by Gasteiger charge is -2.27. The van der Waals surface area contributed by atoms with Crippen molar-refractivity contribution >= 4 is 11.8 Å². The van der Waals surface area contributed by atoms with Gasteiger partial charge in [0.15, 0.2) is 0 Å². The second-order valence-corrected chi connectivity index (χ2v) is 10.3. The lowest BCUT2D eigenvalue weighted by Crippen LogP contribution is -2.19. The Morgan fingerprint density at radius 3 is 1.63 bits per heavy atom. The molecule has 4 heteroatoms. The molecule has 0 amide bonds. The molecule has 4 nitrogen and oxygen atoms in total. The molecule has 0 aliphatic rings. The Kier molecular flexibility index (Phi) is 11.5. The van der Waals surface area contributed by atoms with Gasteiger partial charge in [-0.1, -0.05) is 76.6 Å². The lowest BCUT2D eigenvalue weighted by molar-refractivity contribution is -0.134. The molecule has 192 valence electrons. The third kappa shape index (κ3) is 9.16. The van der Waals surface area contributed by atoms with Crippen molar-refractivity contribution in [2.75, 3.05) is 7.11 Å².